The van der Waals surface area contributed by atoms with Gasteiger partial charge < -0.3 is 4.90 Å². The molecular weight excluding hydrogens is 188 g/mol. The van der Waals surface area contributed by atoms with Gasteiger partial charge in [-0.2, -0.15) is 10.5 Å². The molecule has 0 aliphatic carbocycles. The van der Waals surface area contributed by atoms with Crippen LogP contribution in [0.5, 0.6) is 0 Å². The summed E-state index contributed by atoms with van der Waals surface area (Å²) in [5, 5.41) is 17.1. The summed E-state index contributed by atoms with van der Waals surface area (Å²) in [6, 6.07) is 7.75. The van der Waals surface area contributed by atoms with Gasteiger partial charge in [0.2, 0.25) is 0 Å². The molecule has 0 saturated carbocycles. The first-order valence-corrected chi connectivity index (χ1v) is 4.67. The molecule has 1 rings (SSSR count). The smallest absolute Gasteiger partial charge is 0.140 e. The van der Waals surface area contributed by atoms with Gasteiger partial charge in [0.05, 0.1) is 6.07 Å². The molecule has 0 N–H and O–H groups in total. The molecule has 0 aromatic carbocycles. The molecule has 4 nitrogen and oxygen atoms in total. The summed E-state index contributed by atoms with van der Waals surface area (Å²) in [5.74, 6) is 0. The maximum absolute atomic E-state index is 8.67. The van der Waals surface area contributed by atoms with Crippen LogP contribution in [0.3, 0.4) is 0 Å². The van der Waals surface area contributed by atoms with E-state index in [2.05, 4.69) is 11.1 Å². The van der Waals surface area contributed by atoms with Crippen LogP contribution < -0.4 is 0 Å². The van der Waals surface area contributed by atoms with Crippen molar-refractivity contribution in [2.75, 3.05) is 13.6 Å². The van der Waals surface area contributed by atoms with Gasteiger partial charge in [-0.15, -0.1) is 0 Å². The highest BCUT2D eigenvalue weighted by atomic mass is 15.1. The van der Waals surface area contributed by atoms with E-state index in [1.165, 1.54) is 0 Å². The van der Waals surface area contributed by atoms with Crippen molar-refractivity contribution in [3.05, 3.63) is 29.6 Å². The summed E-state index contributed by atoms with van der Waals surface area (Å²) in [5.41, 5.74) is 1.48. The molecule has 1 aromatic rings. The molecule has 0 amide bonds. The van der Waals surface area contributed by atoms with E-state index in [0.29, 0.717) is 12.1 Å². The Bertz CT molecular complexity index is 400. The van der Waals surface area contributed by atoms with Crippen LogP contribution in [-0.4, -0.2) is 23.5 Å². The number of aromatic nitrogens is 1. The zero-order valence-electron chi connectivity index (χ0n) is 8.64. The summed E-state index contributed by atoms with van der Waals surface area (Å²) in [7, 11) is 1.95. The molecule has 0 aliphatic rings. The van der Waals surface area contributed by atoms with Gasteiger partial charge >= 0.3 is 0 Å². The average Bonchev–Trinajstić information content (AvgIpc) is 2.26. The van der Waals surface area contributed by atoms with E-state index in [1.54, 1.807) is 12.3 Å². The first-order chi connectivity index (χ1) is 7.26. The van der Waals surface area contributed by atoms with E-state index >= 15 is 0 Å². The molecule has 1 heterocycles. The first kappa shape index (κ1) is 11.2. The van der Waals surface area contributed by atoms with Crippen LogP contribution in [0.15, 0.2) is 18.3 Å². The average molecular weight is 200 g/mol. The Morgan fingerprint density at radius 3 is 2.93 bits per heavy atom. The van der Waals surface area contributed by atoms with E-state index < -0.39 is 0 Å². The molecule has 0 unspecified atom stereocenters. The van der Waals surface area contributed by atoms with Crippen molar-refractivity contribution in [1.29, 1.82) is 10.5 Å². The Morgan fingerprint density at radius 2 is 2.27 bits per heavy atom. The lowest BCUT2D eigenvalue weighted by atomic mass is 10.2. The van der Waals surface area contributed by atoms with Crippen LogP contribution in [0.2, 0.25) is 0 Å². The molecule has 4 heteroatoms. The van der Waals surface area contributed by atoms with Crippen LogP contribution in [0, 0.1) is 22.7 Å². The van der Waals surface area contributed by atoms with Crippen molar-refractivity contribution < 1.29 is 0 Å². The van der Waals surface area contributed by atoms with Crippen LogP contribution in [-0.2, 0) is 6.54 Å². The van der Waals surface area contributed by atoms with Gasteiger partial charge in [0.15, 0.2) is 0 Å². The Kier molecular flexibility index (Phi) is 4.28. The summed E-state index contributed by atoms with van der Waals surface area (Å²) >= 11 is 0. The number of hydrogen-bond donors (Lipinski definition) is 0. The van der Waals surface area contributed by atoms with Crippen LogP contribution in [0.1, 0.15) is 17.7 Å². The number of nitriles is 2. The molecule has 0 fully saturated rings. The molecule has 0 atom stereocenters. The molecular formula is C11H12N4. The van der Waals surface area contributed by atoms with Crippen molar-refractivity contribution in [2.45, 2.75) is 13.0 Å². The lowest BCUT2D eigenvalue weighted by Crippen LogP contribution is -2.18. The largest absolute Gasteiger partial charge is 0.301 e. The minimum atomic E-state index is 0.432. The van der Waals surface area contributed by atoms with Crippen molar-refractivity contribution >= 4 is 0 Å². The molecule has 15 heavy (non-hydrogen) atoms. The van der Waals surface area contributed by atoms with E-state index in [4.69, 9.17) is 10.5 Å². The highest BCUT2D eigenvalue weighted by Crippen LogP contribution is 2.04. The van der Waals surface area contributed by atoms with Crippen molar-refractivity contribution in [2.24, 2.45) is 0 Å². The summed E-state index contributed by atoms with van der Waals surface area (Å²) in [6.45, 7) is 1.47. The Morgan fingerprint density at radius 1 is 1.47 bits per heavy atom. The highest BCUT2D eigenvalue weighted by molar-refractivity contribution is 5.25. The fourth-order valence-corrected chi connectivity index (χ4v) is 1.27. The Balaban J connectivity index is 2.57. The lowest BCUT2D eigenvalue weighted by Gasteiger charge is -2.14. The Labute approximate surface area is 89.4 Å². The van der Waals surface area contributed by atoms with Crippen LogP contribution in [0.25, 0.3) is 0 Å². The SMILES string of the molecule is CN(CCC#N)Cc1ccnc(C#N)c1. The fourth-order valence-electron chi connectivity index (χ4n) is 1.27. The van der Waals surface area contributed by atoms with Gasteiger partial charge in [0.25, 0.3) is 0 Å². The van der Waals surface area contributed by atoms with E-state index in [1.807, 2.05) is 24.1 Å². The molecule has 0 aliphatic heterocycles. The minimum absolute atomic E-state index is 0.432. The van der Waals surface area contributed by atoms with Gasteiger partial charge in [-0.3, -0.25) is 0 Å². The third kappa shape index (κ3) is 3.76. The minimum Gasteiger partial charge on any atom is -0.301 e. The maximum atomic E-state index is 8.67. The molecule has 0 bridgehead atoms. The highest BCUT2D eigenvalue weighted by Gasteiger charge is 2.01. The number of hydrogen-bond acceptors (Lipinski definition) is 4. The van der Waals surface area contributed by atoms with E-state index in [9.17, 15) is 0 Å². The lowest BCUT2D eigenvalue weighted by molar-refractivity contribution is 0.335. The second-order valence-corrected chi connectivity index (χ2v) is 3.31. The number of rotatable bonds is 4. The van der Waals surface area contributed by atoms with Gasteiger partial charge in [-0.25, -0.2) is 4.98 Å². The monoisotopic (exact) mass is 200 g/mol. The predicted octanol–water partition coefficient (Wildman–Crippen LogP) is 1.30. The topological polar surface area (TPSA) is 63.7 Å². The summed E-state index contributed by atoms with van der Waals surface area (Å²) in [6.07, 6.45) is 2.15. The standard InChI is InChI=1S/C11H12N4/c1-15(6-2-4-12)9-10-3-5-14-11(7-10)8-13/h3,5,7H,2,6,9H2,1H3. The zero-order chi connectivity index (χ0) is 11.1. The van der Waals surface area contributed by atoms with Gasteiger partial charge in [0.1, 0.15) is 11.8 Å². The summed E-state index contributed by atoms with van der Waals surface area (Å²) < 4.78 is 0. The predicted molar refractivity (Wildman–Crippen MR) is 55.5 cm³/mol. The Hall–Kier alpha value is -1.91. The number of nitrogens with zero attached hydrogens (tertiary/aromatic N) is 4. The maximum Gasteiger partial charge on any atom is 0.140 e. The third-order valence-electron chi connectivity index (χ3n) is 2.00. The number of pyridine rings is 1. The van der Waals surface area contributed by atoms with Crippen molar-refractivity contribution in [1.82, 2.24) is 9.88 Å². The van der Waals surface area contributed by atoms with Gasteiger partial charge in [-0.05, 0) is 24.7 Å². The van der Waals surface area contributed by atoms with Crippen LogP contribution in [0.4, 0.5) is 0 Å². The van der Waals surface area contributed by atoms with E-state index in [-0.39, 0.29) is 0 Å². The molecule has 76 valence electrons. The molecule has 0 radical (unpaired) electrons. The summed E-state index contributed by atoms with van der Waals surface area (Å²) in [4.78, 5) is 5.94. The second-order valence-electron chi connectivity index (χ2n) is 3.31. The molecule has 1 aromatic heterocycles. The normalized spacial score (nSPS) is 9.60. The second kappa shape index (κ2) is 5.74. The van der Waals surface area contributed by atoms with Crippen molar-refractivity contribution in [3.63, 3.8) is 0 Å². The molecule has 0 spiro atoms. The zero-order valence-corrected chi connectivity index (χ0v) is 8.64. The third-order valence-corrected chi connectivity index (χ3v) is 2.00. The van der Waals surface area contributed by atoms with Crippen LogP contribution >= 0.6 is 0 Å². The van der Waals surface area contributed by atoms with Gasteiger partial charge in [-0.1, -0.05) is 0 Å². The van der Waals surface area contributed by atoms with Crippen molar-refractivity contribution in [3.8, 4) is 12.1 Å². The molecule has 0 saturated heterocycles. The fraction of sp³-hybridized carbons (Fsp3) is 0.364. The van der Waals surface area contributed by atoms with E-state index in [0.717, 1.165) is 18.7 Å². The van der Waals surface area contributed by atoms with Gasteiger partial charge in [0, 0.05) is 25.7 Å². The quantitative estimate of drug-likeness (QED) is 0.734. The first-order valence-electron chi connectivity index (χ1n) is 4.67.